The molecule has 6 nitrogen and oxygen atoms in total. The standard InChI is InChI=1S/C26H26FN5O/c1-33-22-12-10-21(11-13-22)31-14-16-32(17-15-31)26-29-24-5-3-2-4-23(24)25(30-26)28-18-19-6-8-20(27)9-7-19/h2-13H,14-18H2,1H3,(H,28,29,30). The normalized spacial score (nSPS) is 13.9. The molecule has 1 N–H and O–H groups in total. The van der Waals surface area contributed by atoms with Crippen molar-refractivity contribution in [2.24, 2.45) is 0 Å². The molecule has 33 heavy (non-hydrogen) atoms. The van der Waals surface area contributed by atoms with Crippen LogP contribution in [0.1, 0.15) is 5.56 Å². The van der Waals surface area contributed by atoms with Gasteiger partial charge in [0.2, 0.25) is 5.95 Å². The highest BCUT2D eigenvalue weighted by Gasteiger charge is 2.21. The van der Waals surface area contributed by atoms with Gasteiger partial charge >= 0.3 is 0 Å². The number of rotatable bonds is 6. The van der Waals surface area contributed by atoms with Crippen LogP contribution >= 0.6 is 0 Å². The highest BCUT2D eigenvalue weighted by atomic mass is 19.1. The number of benzene rings is 3. The lowest BCUT2D eigenvalue weighted by molar-refractivity contribution is 0.415. The van der Waals surface area contributed by atoms with Crippen LogP contribution in [0.3, 0.4) is 0 Å². The number of hydrogen-bond donors (Lipinski definition) is 1. The van der Waals surface area contributed by atoms with Crippen molar-refractivity contribution >= 4 is 28.4 Å². The second-order valence-electron chi connectivity index (χ2n) is 8.04. The summed E-state index contributed by atoms with van der Waals surface area (Å²) < 4.78 is 18.5. The molecule has 0 unspecified atom stereocenters. The number of piperazine rings is 1. The van der Waals surface area contributed by atoms with Crippen LogP contribution in [-0.4, -0.2) is 43.3 Å². The van der Waals surface area contributed by atoms with Crippen molar-refractivity contribution in [2.75, 3.05) is 48.4 Å². The minimum Gasteiger partial charge on any atom is -0.497 e. The van der Waals surface area contributed by atoms with Gasteiger partial charge in [-0.1, -0.05) is 24.3 Å². The summed E-state index contributed by atoms with van der Waals surface area (Å²) >= 11 is 0. The predicted octanol–water partition coefficient (Wildman–Crippen LogP) is 4.72. The summed E-state index contributed by atoms with van der Waals surface area (Å²) in [5.41, 5.74) is 3.09. The molecule has 0 amide bonds. The summed E-state index contributed by atoms with van der Waals surface area (Å²) in [6.45, 7) is 4.01. The molecule has 168 valence electrons. The fourth-order valence-electron chi connectivity index (χ4n) is 4.09. The largest absolute Gasteiger partial charge is 0.497 e. The number of halogens is 1. The van der Waals surface area contributed by atoms with Gasteiger partial charge in [-0.15, -0.1) is 0 Å². The molecule has 1 aromatic heterocycles. The van der Waals surface area contributed by atoms with E-state index in [1.165, 1.54) is 17.8 Å². The maximum atomic E-state index is 13.2. The first kappa shape index (κ1) is 21.0. The van der Waals surface area contributed by atoms with Gasteiger partial charge in [-0.2, -0.15) is 4.98 Å². The SMILES string of the molecule is COc1ccc(N2CCN(c3nc(NCc4ccc(F)cc4)c4ccccc4n3)CC2)cc1. The predicted molar refractivity (Wildman–Crippen MR) is 131 cm³/mol. The first-order valence-corrected chi connectivity index (χ1v) is 11.1. The van der Waals surface area contributed by atoms with Gasteiger partial charge in [0.05, 0.1) is 12.6 Å². The van der Waals surface area contributed by atoms with Crippen molar-refractivity contribution in [1.82, 2.24) is 9.97 Å². The lowest BCUT2D eigenvalue weighted by Crippen LogP contribution is -2.47. The topological polar surface area (TPSA) is 53.5 Å². The van der Waals surface area contributed by atoms with Crippen LogP contribution in [0.25, 0.3) is 10.9 Å². The van der Waals surface area contributed by atoms with E-state index in [9.17, 15) is 4.39 Å². The number of methoxy groups -OCH3 is 1. The van der Waals surface area contributed by atoms with Gasteiger partial charge in [-0.3, -0.25) is 0 Å². The molecule has 1 aliphatic rings. The maximum Gasteiger partial charge on any atom is 0.228 e. The zero-order valence-electron chi connectivity index (χ0n) is 18.5. The number of anilines is 3. The van der Waals surface area contributed by atoms with Crippen molar-refractivity contribution in [3.63, 3.8) is 0 Å². The second-order valence-corrected chi connectivity index (χ2v) is 8.04. The Hall–Kier alpha value is -3.87. The van der Waals surface area contributed by atoms with Gasteiger partial charge in [0.25, 0.3) is 0 Å². The molecule has 0 spiro atoms. The van der Waals surface area contributed by atoms with Crippen LogP contribution in [0.5, 0.6) is 5.75 Å². The molecule has 0 aliphatic carbocycles. The first-order valence-electron chi connectivity index (χ1n) is 11.1. The maximum absolute atomic E-state index is 13.2. The molecule has 2 heterocycles. The lowest BCUT2D eigenvalue weighted by atomic mass is 10.2. The minimum atomic E-state index is -0.234. The van der Waals surface area contributed by atoms with Gasteiger partial charge in [-0.25, -0.2) is 9.37 Å². The lowest BCUT2D eigenvalue weighted by Gasteiger charge is -2.36. The highest BCUT2D eigenvalue weighted by Crippen LogP contribution is 2.26. The molecular weight excluding hydrogens is 417 g/mol. The summed E-state index contributed by atoms with van der Waals surface area (Å²) in [6, 6.07) is 22.7. The van der Waals surface area contributed by atoms with Crippen molar-refractivity contribution in [1.29, 1.82) is 0 Å². The third kappa shape index (κ3) is 4.67. The van der Waals surface area contributed by atoms with Crippen LogP contribution in [0, 0.1) is 5.82 Å². The summed E-state index contributed by atoms with van der Waals surface area (Å²) in [5.74, 6) is 2.15. The Kier molecular flexibility index (Phi) is 5.93. The number of ether oxygens (including phenoxy) is 1. The molecule has 3 aromatic carbocycles. The molecule has 7 heteroatoms. The van der Waals surface area contributed by atoms with E-state index < -0.39 is 0 Å². The number of fused-ring (bicyclic) bond motifs is 1. The van der Waals surface area contributed by atoms with E-state index in [0.717, 1.165) is 60.2 Å². The summed E-state index contributed by atoms with van der Waals surface area (Å²) in [7, 11) is 1.68. The van der Waals surface area contributed by atoms with Crippen molar-refractivity contribution in [3.05, 3.63) is 84.2 Å². The molecule has 0 radical (unpaired) electrons. The van der Waals surface area contributed by atoms with Gasteiger partial charge in [0.15, 0.2) is 0 Å². The Morgan fingerprint density at radius 2 is 1.55 bits per heavy atom. The van der Waals surface area contributed by atoms with E-state index >= 15 is 0 Å². The van der Waals surface area contributed by atoms with Gasteiger partial charge < -0.3 is 19.9 Å². The number of aromatic nitrogens is 2. The van der Waals surface area contributed by atoms with Gasteiger partial charge in [-0.05, 0) is 54.1 Å². The first-order chi connectivity index (χ1) is 16.2. The third-order valence-corrected chi connectivity index (χ3v) is 5.96. The number of nitrogens with zero attached hydrogens (tertiary/aromatic N) is 4. The number of nitrogens with one attached hydrogen (secondary N) is 1. The smallest absolute Gasteiger partial charge is 0.228 e. The average Bonchev–Trinajstić information content (AvgIpc) is 2.88. The molecule has 0 bridgehead atoms. The molecular formula is C26H26FN5O. The molecule has 4 aromatic rings. The summed E-state index contributed by atoms with van der Waals surface area (Å²) in [4.78, 5) is 14.3. The van der Waals surface area contributed by atoms with Crippen molar-refractivity contribution in [3.8, 4) is 5.75 Å². The fraction of sp³-hybridized carbons (Fsp3) is 0.231. The van der Waals surface area contributed by atoms with E-state index in [-0.39, 0.29) is 5.82 Å². The van der Waals surface area contributed by atoms with Crippen LogP contribution in [0.2, 0.25) is 0 Å². The molecule has 1 saturated heterocycles. The minimum absolute atomic E-state index is 0.234. The monoisotopic (exact) mass is 443 g/mol. The van der Waals surface area contributed by atoms with Crippen LogP contribution in [-0.2, 0) is 6.54 Å². The van der Waals surface area contributed by atoms with E-state index in [2.05, 4.69) is 27.2 Å². The highest BCUT2D eigenvalue weighted by molar-refractivity contribution is 5.90. The van der Waals surface area contributed by atoms with Crippen molar-refractivity contribution in [2.45, 2.75) is 6.54 Å². The van der Waals surface area contributed by atoms with E-state index in [1.54, 1.807) is 19.2 Å². The Morgan fingerprint density at radius 3 is 2.27 bits per heavy atom. The van der Waals surface area contributed by atoms with Gasteiger partial charge in [0.1, 0.15) is 17.4 Å². The zero-order valence-corrected chi connectivity index (χ0v) is 18.5. The Bertz CT molecular complexity index is 1220. The average molecular weight is 444 g/mol. The van der Waals surface area contributed by atoms with Gasteiger partial charge in [0, 0.05) is 43.8 Å². The quantitative estimate of drug-likeness (QED) is 0.466. The molecule has 0 saturated carbocycles. The Balaban J connectivity index is 1.33. The van der Waals surface area contributed by atoms with E-state index in [0.29, 0.717) is 6.54 Å². The fourth-order valence-corrected chi connectivity index (χ4v) is 4.09. The van der Waals surface area contributed by atoms with Crippen LogP contribution < -0.4 is 19.9 Å². The molecule has 0 atom stereocenters. The Morgan fingerprint density at radius 1 is 0.848 bits per heavy atom. The number of hydrogen-bond acceptors (Lipinski definition) is 6. The molecule has 5 rings (SSSR count). The van der Waals surface area contributed by atoms with E-state index in [1.807, 2.05) is 36.4 Å². The third-order valence-electron chi connectivity index (χ3n) is 5.96. The summed E-state index contributed by atoms with van der Waals surface area (Å²) in [6.07, 6.45) is 0. The second kappa shape index (κ2) is 9.32. The van der Waals surface area contributed by atoms with E-state index in [4.69, 9.17) is 14.7 Å². The van der Waals surface area contributed by atoms with Crippen LogP contribution in [0.4, 0.5) is 21.8 Å². The van der Waals surface area contributed by atoms with Crippen molar-refractivity contribution < 1.29 is 9.13 Å². The zero-order chi connectivity index (χ0) is 22.6. The Labute approximate surface area is 192 Å². The molecule has 1 fully saturated rings. The molecule has 1 aliphatic heterocycles. The number of para-hydroxylation sites is 1. The van der Waals surface area contributed by atoms with Crippen LogP contribution in [0.15, 0.2) is 72.8 Å². The summed E-state index contributed by atoms with van der Waals surface area (Å²) in [5, 5.41) is 4.40.